The third kappa shape index (κ3) is 29.2. The van der Waals surface area contributed by atoms with Gasteiger partial charge < -0.3 is 13.7 Å². The molecule has 0 spiro atoms. The van der Waals surface area contributed by atoms with E-state index in [1.165, 1.54) is 89.5 Å². The van der Waals surface area contributed by atoms with Crippen LogP contribution in [0.15, 0.2) is 141 Å². The molecule has 492 valence electrons. The molecule has 0 radical (unpaired) electrons. The van der Waals surface area contributed by atoms with E-state index in [2.05, 4.69) is 92.2 Å². The van der Waals surface area contributed by atoms with Crippen LogP contribution < -0.4 is 50.6 Å². The summed E-state index contributed by atoms with van der Waals surface area (Å²) in [6.07, 6.45) is 10.6. The van der Waals surface area contributed by atoms with Gasteiger partial charge >= 0.3 is 17.9 Å². The van der Waals surface area contributed by atoms with E-state index in [0.29, 0.717) is 52.6 Å². The van der Waals surface area contributed by atoms with Crippen molar-refractivity contribution >= 4 is 65.6 Å². The van der Waals surface area contributed by atoms with Crippen LogP contribution >= 0.6 is 0 Å². The molecule has 0 unspecified atom stereocenters. The van der Waals surface area contributed by atoms with Crippen molar-refractivity contribution in [2.24, 2.45) is 50.6 Å². The Hall–Kier alpha value is -8.55. The van der Waals surface area contributed by atoms with Gasteiger partial charge in [0, 0.05) is 19.3 Å². The second-order valence-corrected chi connectivity index (χ2v) is 27.2. The maximum absolute atomic E-state index is 12.0. The number of nitrogens with two attached hydrogens (primary N) is 9. The number of benzene rings is 5. The van der Waals surface area contributed by atoms with E-state index < -0.39 is 79.9 Å². The summed E-state index contributed by atoms with van der Waals surface area (Å²) >= 11 is 0. The lowest BCUT2D eigenvalue weighted by Crippen LogP contribution is -2.51. The van der Waals surface area contributed by atoms with E-state index in [1.807, 2.05) is 20.8 Å². The van der Waals surface area contributed by atoms with E-state index in [-0.39, 0.29) is 51.5 Å². The first-order valence-corrected chi connectivity index (χ1v) is 30.6. The first kappa shape index (κ1) is 79.5. The number of guanidine groups is 3. The maximum atomic E-state index is 12.0. The van der Waals surface area contributed by atoms with Gasteiger partial charge in [0.2, 0.25) is 34.9 Å². The molecule has 0 saturated heterocycles. The van der Waals surface area contributed by atoms with Gasteiger partial charge in [0.1, 0.15) is 30.4 Å². The first-order chi connectivity index (χ1) is 40.9. The minimum absolute atomic E-state index is 0.0833. The van der Waals surface area contributed by atoms with Crippen molar-refractivity contribution in [3.05, 3.63) is 161 Å². The van der Waals surface area contributed by atoms with Crippen molar-refractivity contribution in [1.82, 2.24) is 0 Å². The molecule has 0 atom stereocenters. The zero-order chi connectivity index (χ0) is 69.8. The molecule has 0 saturated carbocycles. The molecule has 30 heteroatoms. The summed E-state index contributed by atoms with van der Waals surface area (Å²) < 4.78 is 174. The molecule has 0 bridgehead atoms. The Kier molecular flexibility index (Phi) is 29.4. The number of carbonyl (C=O) groups excluding carboxylic acids is 3. The summed E-state index contributed by atoms with van der Waals surface area (Å²) in [5.74, 6) is -13.6. The number of hydrogen-bond acceptors (Lipinski definition) is 12. The van der Waals surface area contributed by atoms with Crippen LogP contribution in [0.4, 0.5) is 26.3 Å². The fourth-order valence-corrected chi connectivity index (χ4v) is 10.6. The van der Waals surface area contributed by atoms with Crippen molar-refractivity contribution in [3.63, 3.8) is 0 Å². The van der Waals surface area contributed by atoms with Gasteiger partial charge in [-0.25, -0.2) is 51.6 Å². The van der Waals surface area contributed by atoms with Gasteiger partial charge in [-0.1, -0.05) is 94.7 Å². The minimum Gasteiger partial charge on any atom is -0.744 e. The third-order valence-electron chi connectivity index (χ3n) is 12.0. The van der Waals surface area contributed by atoms with E-state index in [0.717, 1.165) is 19.3 Å². The number of carbonyl (C=O) groups is 3. The fraction of sp³-hybridized carbons (Fsp3) is 0.300. The average molecular weight is 1320 g/mol. The van der Waals surface area contributed by atoms with E-state index in [4.69, 9.17) is 0 Å². The zero-order valence-corrected chi connectivity index (χ0v) is 53.2. The minimum atomic E-state index is -4.64. The lowest BCUT2D eigenvalue weighted by atomic mass is 9.77. The van der Waals surface area contributed by atoms with Crippen LogP contribution in [0.1, 0.15) is 101 Å². The SMILES string of the molecule is CC1=CC(=O)CC(C)(C)C1.CC1=CC(=O)CC(C)(C)C1.CC1=CC(=O)CC(C)(C)C1.Fc1c(F)c(F)c(F)c(F)c1F.NC(N)=[NH2+].NC(N)=[NH2+].NC(N)=[NH2+].O=S(=O)([O-])c1ccc(-c2cc(-c3ccc(S(=O)(=O)[O-])cc3)cc(-c3ccc(S(=O)(=O)[O-])cc3)c2)cc1. The smallest absolute Gasteiger partial charge is 0.336 e. The fourth-order valence-electron chi connectivity index (χ4n) is 9.15. The van der Waals surface area contributed by atoms with Gasteiger partial charge in [-0.3, -0.25) is 65.0 Å². The van der Waals surface area contributed by atoms with E-state index in [1.54, 1.807) is 36.4 Å². The van der Waals surface area contributed by atoms with Crippen LogP contribution in [0.2, 0.25) is 0 Å². The Balaban J connectivity index is 0.000000610. The highest BCUT2D eigenvalue weighted by Gasteiger charge is 2.28. The number of hydrogen-bond donors (Lipinski definition) is 9. The van der Waals surface area contributed by atoms with Gasteiger partial charge in [-0.2, -0.15) is 0 Å². The molecular formula is C60H75F6N9O12S3. The van der Waals surface area contributed by atoms with Gasteiger partial charge in [0.05, 0.1) is 14.7 Å². The van der Waals surface area contributed by atoms with E-state index >= 15 is 0 Å². The van der Waals surface area contributed by atoms with Crippen LogP contribution in [-0.2, 0) is 44.7 Å². The molecule has 5 aromatic rings. The summed E-state index contributed by atoms with van der Waals surface area (Å²) in [6, 6.07) is 21.0. The molecule has 5 aromatic carbocycles. The lowest BCUT2D eigenvalue weighted by molar-refractivity contribution is -0.117. The Morgan fingerprint density at radius 2 is 0.511 bits per heavy atom. The molecule has 3 aliphatic carbocycles. The molecule has 21 nitrogen and oxygen atoms in total. The highest BCUT2D eigenvalue weighted by molar-refractivity contribution is 7.86. The van der Waals surface area contributed by atoms with Gasteiger partial charge in [0.15, 0.2) is 17.3 Å². The largest absolute Gasteiger partial charge is 0.744 e. The number of rotatable bonds is 6. The van der Waals surface area contributed by atoms with Crippen molar-refractivity contribution in [2.45, 2.75) is 116 Å². The number of halogens is 6. The summed E-state index contributed by atoms with van der Waals surface area (Å²) in [6.45, 7) is 18.9. The Morgan fingerprint density at radius 1 is 0.356 bits per heavy atom. The Morgan fingerprint density at radius 3 is 0.633 bits per heavy atom. The molecule has 0 aliphatic heterocycles. The molecule has 0 heterocycles. The summed E-state index contributed by atoms with van der Waals surface area (Å²) in [7, 11) is -13.9. The predicted octanol–water partition coefficient (Wildman–Crippen LogP) is 3.94. The Bertz CT molecular complexity index is 3420. The van der Waals surface area contributed by atoms with Crippen LogP contribution in [0, 0.1) is 51.1 Å². The second kappa shape index (κ2) is 33.3. The van der Waals surface area contributed by atoms with Crippen LogP contribution in [0.25, 0.3) is 33.4 Å². The molecule has 18 N–H and O–H groups in total. The van der Waals surface area contributed by atoms with E-state index in [9.17, 15) is 79.6 Å². The monoisotopic (exact) mass is 1320 g/mol. The van der Waals surface area contributed by atoms with Crippen molar-refractivity contribution in [1.29, 1.82) is 0 Å². The lowest BCUT2D eigenvalue weighted by Gasteiger charge is -2.27. The zero-order valence-electron chi connectivity index (χ0n) is 50.7. The van der Waals surface area contributed by atoms with Crippen LogP contribution in [0.3, 0.4) is 0 Å². The van der Waals surface area contributed by atoms with Crippen LogP contribution in [-0.4, -0.2) is 74.1 Å². The van der Waals surface area contributed by atoms with Crippen molar-refractivity contribution in [2.75, 3.05) is 0 Å². The molecule has 90 heavy (non-hydrogen) atoms. The molecule has 8 rings (SSSR count). The molecule has 3 aliphatic rings. The van der Waals surface area contributed by atoms with Crippen molar-refractivity contribution < 1.29 is 95.9 Å². The van der Waals surface area contributed by atoms with Gasteiger partial charge in [-0.05, 0) is 162 Å². The normalized spacial score (nSPS) is 15.3. The molecule has 0 fully saturated rings. The highest BCUT2D eigenvalue weighted by atomic mass is 32.2. The Labute approximate surface area is 519 Å². The predicted molar refractivity (Wildman–Crippen MR) is 324 cm³/mol. The quantitative estimate of drug-likeness (QED) is 0.0290. The maximum Gasteiger partial charge on any atom is 0.336 e. The topological polar surface area (TPSA) is 456 Å². The molecular weight excluding hydrogens is 1250 g/mol. The summed E-state index contributed by atoms with van der Waals surface area (Å²) in [5, 5.41) is 13.8. The first-order valence-electron chi connectivity index (χ1n) is 26.4. The molecule has 0 amide bonds. The summed E-state index contributed by atoms with van der Waals surface area (Å²) in [4.78, 5) is 31.8. The highest BCUT2D eigenvalue weighted by Crippen LogP contribution is 2.37. The second-order valence-electron chi connectivity index (χ2n) is 23.0. The number of allylic oxidation sites excluding steroid dienone is 6. The summed E-state index contributed by atoms with van der Waals surface area (Å²) in [5.41, 5.74) is 35.2. The molecule has 0 aromatic heterocycles. The average Bonchev–Trinajstić information content (AvgIpc) is 0.867. The number of ketones is 3. The van der Waals surface area contributed by atoms with Crippen LogP contribution in [0.5, 0.6) is 0 Å². The van der Waals surface area contributed by atoms with Gasteiger partial charge in [0.25, 0.3) is 0 Å². The third-order valence-corrected chi connectivity index (χ3v) is 14.5. The van der Waals surface area contributed by atoms with Crippen molar-refractivity contribution in [3.8, 4) is 33.4 Å². The standard InChI is InChI=1S/C24H18O9S3.3C9H14O.C6F6.3CH5N3/c25-34(26,27)22-7-1-16(2-8-22)19-13-20(17-3-9-23(10-4-17)35(28,29)30)15-21(14-19)18-5-11-24(12-6-18)36(31,32)33;3*1-7-4-8(10)6-9(2,3)5-7;7-1-2(8)4(10)6(12)5(11)3(1)9;3*2-1(3)4/h1-15H,(H,25,26,27)(H,28,29,30)(H,31,32,33);3*4H,5-6H2,1-3H3;;3*(H5,2,3,4). The van der Waals surface area contributed by atoms with Gasteiger partial charge in [-0.15, -0.1) is 0 Å².